The average molecular weight is 243 g/mol. The largest absolute Gasteiger partial charge is 0.396 e. The van der Waals surface area contributed by atoms with Crippen molar-refractivity contribution in [1.82, 2.24) is 5.32 Å². The Labute approximate surface area is 101 Å². The van der Waals surface area contributed by atoms with Gasteiger partial charge in [-0.3, -0.25) is 0 Å². The number of aliphatic hydroxyl groups is 2. The van der Waals surface area contributed by atoms with E-state index in [4.69, 9.17) is 0 Å². The van der Waals surface area contributed by atoms with E-state index < -0.39 is 5.60 Å². The highest BCUT2D eigenvalue weighted by Crippen LogP contribution is 2.51. The van der Waals surface area contributed by atoms with Gasteiger partial charge in [0.05, 0.1) is 12.2 Å². The van der Waals surface area contributed by atoms with Crippen molar-refractivity contribution in [3.05, 3.63) is 0 Å². The summed E-state index contributed by atoms with van der Waals surface area (Å²) in [6.45, 7) is 0.149. The van der Waals surface area contributed by atoms with Crippen LogP contribution in [-0.4, -0.2) is 46.0 Å². The summed E-state index contributed by atoms with van der Waals surface area (Å²) >= 11 is 1.88. The Kier molecular flexibility index (Phi) is 2.74. The smallest absolute Gasteiger partial charge is 0.0763 e. The van der Waals surface area contributed by atoms with Crippen molar-refractivity contribution in [3.63, 3.8) is 0 Å². The summed E-state index contributed by atoms with van der Waals surface area (Å²) in [6, 6.07) is 0.968. The molecule has 92 valence electrons. The molecule has 16 heavy (non-hydrogen) atoms. The van der Waals surface area contributed by atoms with Crippen LogP contribution >= 0.6 is 11.8 Å². The molecule has 3 atom stereocenters. The summed E-state index contributed by atoms with van der Waals surface area (Å²) in [6.07, 6.45) is 5.04. The first kappa shape index (κ1) is 11.3. The molecule has 0 aromatic heterocycles. The van der Waals surface area contributed by atoms with Crippen LogP contribution in [0.3, 0.4) is 0 Å². The minimum atomic E-state index is -0.623. The number of thioether (sulfide) groups is 1. The maximum Gasteiger partial charge on any atom is 0.0763 e. The van der Waals surface area contributed by atoms with Gasteiger partial charge in [0.25, 0.3) is 0 Å². The Balaban J connectivity index is 1.86. The normalized spacial score (nSPS) is 52.1. The zero-order valence-electron chi connectivity index (χ0n) is 9.61. The van der Waals surface area contributed by atoms with E-state index in [1.165, 1.54) is 12.8 Å². The van der Waals surface area contributed by atoms with Gasteiger partial charge in [0.1, 0.15) is 0 Å². The lowest BCUT2D eigenvalue weighted by atomic mass is 9.66. The van der Waals surface area contributed by atoms with E-state index in [1.54, 1.807) is 0 Å². The van der Waals surface area contributed by atoms with E-state index in [9.17, 15) is 10.2 Å². The summed E-state index contributed by atoms with van der Waals surface area (Å²) in [5.74, 6) is 2.02. The molecule has 3 nitrogen and oxygen atoms in total. The van der Waals surface area contributed by atoms with E-state index in [-0.39, 0.29) is 12.0 Å². The lowest BCUT2D eigenvalue weighted by Crippen LogP contribution is -2.59. The molecular weight excluding hydrogens is 222 g/mol. The number of hydrogen-bond donors (Lipinski definition) is 3. The number of fused-ring (bicyclic) bond motifs is 2. The third-order valence-electron chi connectivity index (χ3n) is 4.90. The van der Waals surface area contributed by atoms with Crippen LogP contribution in [-0.2, 0) is 0 Å². The van der Waals surface area contributed by atoms with Crippen molar-refractivity contribution in [3.8, 4) is 0 Å². The zero-order chi connectivity index (χ0) is 11.2. The van der Waals surface area contributed by atoms with Crippen LogP contribution in [0.1, 0.15) is 32.1 Å². The highest BCUT2D eigenvalue weighted by Gasteiger charge is 2.56. The van der Waals surface area contributed by atoms with Gasteiger partial charge in [0.2, 0.25) is 0 Å². The fourth-order valence-corrected chi connectivity index (χ4v) is 5.38. The number of aliphatic hydroxyl groups excluding tert-OH is 1. The average Bonchev–Trinajstić information content (AvgIpc) is 2.86. The quantitative estimate of drug-likeness (QED) is 0.670. The Morgan fingerprint density at radius 3 is 2.44 bits per heavy atom. The van der Waals surface area contributed by atoms with Crippen LogP contribution < -0.4 is 5.32 Å². The number of hydrogen-bond acceptors (Lipinski definition) is 4. The fraction of sp³-hybridized carbons (Fsp3) is 1.00. The first-order valence-corrected chi connectivity index (χ1v) is 7.50. The second-order valence-electron chi connectivity index (χ2n) is 5.82. The Bertz CT molecular complexity index is 266. The Morgan fingerprint density at radius 2 is 1.94 bits per heavy atom. The lowest BCUT2D eigenvalue weighted by Gasteiger charge is -2.48. The molecule has 3 saturated heterocycles. The van der Waals surface area contributed by atoms with Gasteiger partial charge in [-0.15, -0.1) is 0 Å². The van der Waals surface area contributed by atoms with Gasteiger partial charge in [-0.25, -0.2) is 0 Å². The standard InChI is InChI=1S/C12H21NO2S/c14-7-11(3-4-16-8-11)12(15)5-9-1-2-10(6-12)13-9/h9-10,13-15H,1-8H2. The fourth-order valence-electron chi connectivity index (χ4n) is 3.80. The number of nitrogens with one attached hydrogen (secondary N) is 1. The van der Waals surface area contributed by atoms with E-state index in [1.807, 2.05) is 11.8 Å². The molecule has 0 saturated carbocycles. The highest BCUT2D eigenvalue weighted by molar-refractivity contribution is 7.99. The van der Waals surface area contributed by atoms with Crippen LogP contribution in [0.4, 0.5) is 0 Å². The molecule has 0 aliphatic carbocycles. The van der Waals surface area contributed by atoms with Gasteiger partial charge < -0.3 is 15.5 Å². The molecule has 0 spiro atoms. The van der Waals surface area contributed by atoms with Crippen molar-refractivity contribution in [2.24, 2.45) is 5.41 Å². The van der Waals surface area contributed by atoms with E-state index >= 15 is 0 Å². The van der Waals surface area contributed by atoms with E-state index in [0.29, 0.717) is 12.1 Å². The predicted molar refractivity (Wildman–Crippen MR) is 65.6 cm³/mol. The van der Waals surface area contributed by atoms with Gasteiger partial charge in [-0.05, 0) is 37.9 Å². The first-order valence-electron chi connectivity index (χ1n) is 6.35. The Morgan fingerprint density at radius 1 is 1.25 bits per heavy atom. The minimum Gasteiger partial charge on any atom is -0.396 e. The number of piperidine rings is 1. The topological polar surface area (TPSA) is 52.5 Å². The van der Waals surface area contributed by atoms with Crippen molar-refractivity contribution < 1.29 is 10.2 Å². The molecule has 3 aliphatic heterocycles. The number of rotatable bonds is 2. The summed E-state index contributed by atoms with van der Waals surface area (Å²) in [5.41, 5.74) is -0.844. The molecule has 0 aromatic rings. The minimum absolute atomic E-state index is 0.149. The van der Waals surface area contributed by atoms with E-state index in [0.717, 1.165) is 30.8 Å². The van der Waals surface area contributed by atoms with Crippen LogP contribution in [0.25, 0.3) is 0 Å². The third-order valence-corrected chi connectivity index (χ3v) is 6.15. The van der Waals surface area contributed by atoms with Gasteiger partial charge in [0.15, 0.2) is 0 Å². The molecule has 3 rings (SSSR count). The third kappa shape index (κ3) is 1.54. The summed E-state index contributed by atoms with van der Waals surface area (Å²) in [5, 5.41) is 24.3. The van der Waals surface area contributed by atoms with E-state index in [2.05, 4.69) is 5.32 Å². The van der Waals surface area contributed by atoms with Crippen molar-refractivity contribution in [1.29, 1.82) is 0 Å². The Hall–Kier alpha value is 0.230. The molecule has 0 aromatic carbocycles. The van der Waals surface area contributed by atoms with Crippen LogP contribution in [0.5, 0.6) is 0 Å². The first-order chi connectivity index (χ1) is 7.67. The molecule has 3 N–H and O–H groups in total. The van der Waals surface area contributed by atoms with Crippen LogP contribution in [0, 0.1) is 5.41 Å². The molecule has 3 heterocycles. The van der Waals surface area contributed by atoms with Crippen molar-refractivity contribution in [2.45, 2.75) is 49.8 Å². The highest BCUT2D eigenvalue weighted by atomic mass is 32.2. The zero-order valence-corrected chi connectivity index (χ0v) is 10.4. The van der Waals surface area contributed by atoms with Gasteiger partial charge in [0, 0.05) is 23.3 Å². The van der Waals surface area contributed by atoms with Gasteiger partial charge in [-0.2, -0.15) is 11.8 Å². The van der Waals surface area contributed by atoms with Crippen molar-refractivity contribution in [2.75, 3.05) is 18.1 Å². The SMILES string of the molecule is OCC1(C2(O)CC3CCC(C2)N3)CCSC1. The molecule has 2 bridgehead atoms. The molecule has 3 fully saturated rings. The summed E-state index contributed by atoms with van der Waals surface area (Å²) < 4.78 is 0. The van der Waals surface area contributed by atoms with Crippen LogP contribution in [0.2, 0.25) is 0 Å². The maximum absolute atomic E-state index is 11.0. The molecule has 4 heteroatoms. The lowest BCUT2D eigenvalue weighted by molar-refractivity contribution is -0.123. The second kappa shape index (κ2) is 3.87. The maximum atomic E-state index is 11.0. The summed E-state index contributed by atoms with van der Waals surface area (Å²) in [7, 11) is 0. The molecule has 0 amide bonds. The van der Waals surface area contributed by atoms with Gasteiger partial charge >= 0.3 is 0 Å². The second-order valence-corrected chi connectivity index (χ2v) is 6.92. The predicted octanol–water partition coefficient (Wildman–Crippen LogP) is 0.747. The monoisotopic (exact) mass is 243 g/mol. The molecule has 3 aliphatic rings. The molecule has 0 radical (unpaired) electrons. The van der Waals surface area contributed by atoms with Crippen LogP contribution in [0.15, 0.2) is 0 Å². The van der Waals surface area contributed by atoms with Crippen molar-refractivity contribution >= 4 is 11.8 Å². The molecule has 3 unspecified atom stereocenters. The molecular formula is C12H21NO2S. The van der Waals surface area contributed by atoms with Gasteiger partial charge in [-0.1, -0.05) is 0 Å². The summed E-state index contributed by atoms with van der Waals surface area (Å²) in [4.78, 5) is 0.